The minimum atomic E-state index is -3.59. The van der Waals surface area contributed by atoms with Gasteiger partial charge in [0.2, 0.25) is 10.0 Å². The number of sulfonamides is 1. The Morgan fingerprint density at radius 3 is 2.61 bits per heavy atom. The van der Waals surface area contributed by atoms with Gasteiger partial charge in [0.15, 0.2) is 0 Å². The SMILES string of the molecule is Cc1nn(C(C)C)cc1S(=O)(=O)N[C@@H]1COC[C@H]1N1CCCC1. The second-order valence-electron chi connectivity index (χ2n) is 6.73. The summed E-state index contributed by atoms with van der Waals surface area (Å²) in [5.74, 6) is 0. The van der Waals surface area contributed by atoms with Crippen LogP contribution in [0.1, 0.15) is 38.4 Å². The van der Waals surface area contributed by atoms with Gasteiger partial charge in [-0.1, -0.05) is 0 Å². The first-order valence-electron chi connectivity index (χ1n) is 8.28. The van der Waals surface area contributed by atoms with E-state index in [0.29, 0.717) is 18.9 Å². The minimum Gasteiger partial charge on any atom is -0.378 e. The number of aromatic nitrogens is 2. The van der Waals surface area contributed by atoms with Gasteiger partial charge in [-0.3, -0.25) is 9.58 Å². The molecule has 2 saturated heterocycles. The summed E-state index contributed by atoms with van der Waals surface area (Å²) < 4.78 is 35.6. The molecule has 8 heteroatoms. The third-order valence-electron chi connectivity index (χ3n) is 4.66. The lowest BCUT2D eigenvalue weighted by atomic mass is 10.1. The Kier molecular flexibility index (Phi) is 4.78. The summed E-state index contributed by atoms with van der Waals surface area (Å²) in [6.07, 6.45) is 3.97. The van der Waals surface area contributed by atoms with E-state index in [2.05, 4.69) is 14.7 Å². The van der Waals surface area contributed by atoms with Crippen molar-refractivity contribution in [1.29, 1.82) is 0 Å². The normalized spacial score (nSPS) is 26.4. The molecule has 2 aliphatic rings. The molecule has 2 atom stereocenters. The van der Waals surface area contributed by atoms with Crippen molar-refractivity contribution in [2.24, 2.45) is 0 Å². The van der Waals surface area contributed by atoms with E-state index in [-0.39, 0.29) is 23.0 Å². The van der Waals surface area contributed by atoms with Gasteiger partial charge in [-0.05, 0) is 46.7 Å². The molecule has 23 heavy (non-hydrogen) atoms. The van der Waals surface area contributed by atoms with E-state index in [1.54, 1.807) is 17.8 Å². The van der Waals surface area contributed by atoms with Gasteiger partial charge in [-0.25, -0.2) is 13.1 Å². The summed E-state index contributed by atoms with van der Waals surface area (Å²) in [6, 6.07) is 0.0671. The van der Waals surface area contributed by atoms with Crippen molar-refractivity contribution in [3.8, 4) is 0 Å². The molecule has 0 aromatic carbocycles. The predicted octanol–water partition coefficient (Wildman–Crippen LogP) is 0.914. The average molecular weight is 342 g/mol. The molecule has 3 heterocycles. The zero-order chi connectivity index (χ0) is 16.6. The van der Waals surface area contributed by atoms with Crippen LogP contribution >= 0.6 is 0 Å². The van der Waals surface area contributed by atoms with Crippen LogP contribution in [0.3, 0.4) is 0 Å². The van der Waals surface area contributed by atoms with Crippen LogP contribution in [0.4, 0.5) is 0 Å². The van der Waals surface area contributed by atoms with Gasteiger partial charge in [-0.2, -0.15) is 5.10 Å². The Balaban J connectivity index is 1.77. The molecular weight excluding hydrogens is 316 g/mol. The number of ether oxygens (including phenoxy) is 1. The molecule has 2 aliphatic heterocycles. The van der Waals surface area contributed by atoms with E-state index in [4.69, 9.17) is 4.74 Å². The Morgan fingerprint density at radius 1 is 1.30 bits per heavy atom. The summed E-state index contributed by atoms with van der Waals surface area (Å²) in [4.78, 5) is 2.60. The van der Waals surface area contributed by atoms with Crippen LogP contribution in [-0.4, -0.2) is 61.5 Å². The van der Waals surface area contributed by atoms with Crippen LogP contribution in [0.15, 0.2) is 11.1 Å². The highest BCUT2D eigenvalue weighted by atomic mass is 32.2. The van der Waals surface area contributed by atoms with Crippen LogP contribution in [0.25, 0.3) is 0 Å². The fraction of sp³-hybridized carbons (Fsp3) is 0.800. The average Bonchev–Trinajstić information content (AvgIpc) is 3.16. The Morgan fingerprint density at radius 2 is 2.00 bits per heavy atom. The molecule has 0 unspecified atom stereocenters. The maximum atomic E-state index is 12.8. The zero-order valence-corrected chi connectivity index (χ0v) is 14.8. The van der Waals surface area contributed by atoms with Crippen LogP contribution < -0.4 is 4.72 Å². The summed E-state index contributed by atoms with van der Waals surface area (Å²) in [5, 5.41) is 4.30. The first-order valence-corrected chi connectivity index (χ1v) is 9.76. The van der Waals surface area contributed by atoms with E-state index in [1.165, 1.54) is 12.8 Å². The molecular formula is C15H26N4O3S. The topological polar surface area (TPSA) is 76.5 Å². The van der Waals surface area contributed by atoms with Crippen molar-refractivity contribution < 1.29 is 13.2 Å². The Bertz CT molecular complexity index is 650. The lowest BCUT2D eigenvalue weighted by molar-refractivity contribution is 0.159. The molecule has 2 fully saturated rings. The minimum absolute atomic E-state index is 0.129. The number of rotatable bonds is 5. The molecule has 1 aromatic heterocycles. The summed E-state index contributed by atoms with van der Waals surface area (Å²) in [5.41, 5.74) is 0.530. The third-order valence-corrected chi connectivity index (χ3v) is 6.25. The molecule has 0 spiro atoms. The van der Waals surface area contributed by atoms with Gasteiger partial charge in [0.05, 0.1) is 31.0 Å². The number of nitrogens with one attached hydrogen (secondary N) is 1. The number of nitrogens with zero attached hydrogens (tertiary/aromatic N) is 3. The summed E-state index contributed by atoms with van der Waals surface area (Å²) >= 11 is 0. The predicted molar refractivity (Wildman–Crippen MR) is 86.9 cm³/mol. The van der Waals surface area contributed by atoms with Crippen molar-refractivity contribution in [3.63, 3.8) is 0 Å². The van der Waals surface area contributed by atoms with E-state index in [0.717, 1.165) is 13.1 Å². The maximum absolute atomic E-state index is 12.8. The van der Waals surface area contributed by atoms with Gasteiger partial charge in [0.1, 0.15) is 4.90 Å². The highest BCUT2D eigenvalue weighted by molar-refractivity contribution is 7.89. The number of aryl methyl sites for hydroxylation is 1. The third kappa shape index (κ3) is 3.45. The van der Waals surface area contributed by atoms with Crippen molar-refractivity contribution in [1.82, 2.24) is 19.4 Å². The lowest BCUT2D eigenvalue weighted by Gasteiger charge is -2.27. The van der Waals surface area contributed by atoms with Gasteiger partial charge in [-0.15, -0.1) is 0 Å². The molecule has 0 saturated carbocycles. The van der Waals surface area contributed by atoms with E-state index < -0.39 is 10.0 Å². The number of likely N-dealkylation sites (tertiary alicyclic amines) is 1. The first-order chi connectivity index (χ1) is 10.9. The van der Waals surface area contributed by atoms with E-state index >= 15 is 0 Å². The van der Waals surface area contributed by atoms with Gasteiger partial charge in [0, 0.05) is 12.2 Å². The van der Waals surface area contributed by atoms with Crippen LogP contribution in [-0.2, 0) is 14.8 Å². The van der Waals surface area contributed by atoms with Crippen molar-refractivity contribution >= 4 is 10.0 Å². The lowest BCUT2D eigenvalue weighted by Crippen LogP contribution is -2.50. The van der Waals surface area contributed by atoms with Gasteiger partial charge >= 0.3 is 0 Å². The van der Waals surface area contributed by atoms with E-state index in [1.807, 2.05) is 13.8 Å². The monoisotopic (exact) mass is 342 g/mol. The van der Waals surface area contributed by atoms with Crippen LogP contribution in [0, 0.1) is 6.92 Å². The quantitative estimate of drug-likeness (QED) is 0.861. The van der Waals surface area contributed by atoms with Gasteiger partial charge in [0.25, 0.3) is 0 Å². The van der Waals surface area contributed by atoms with E-state index in [9.17, 15) is 8.42 Å². The van der Waals surface area contributed by atoms with Crippen molar-refractivity contribution in [2.75, 3.05) is 26.3 Å². The fourth-order valence-electron chi connectivity index (χ4n) is 3.34. The second kappa shape index (κ2) is 6.51. The van der Waals surface area contributed by atoms with Crippen molar-refractivity contribution in [3.05, 3.63) is 11.9 Å². The molecule has 0 bridgehead atoms. The van der Waals surface area contributed by atoms with Gasteiger partial charge < -0.3 is 4.74 Å². The molecule has 1 N–H and O–H groups in total. The van der Waals surface area contributed by atoms with Crippen molar-refractivity contribution in [2.45, 2.75) is 56.6 Å². The second-order valence-corrected chi connectivity index (χ2v) is 8.41. The van der Waals surface area contributed by atoms with Crippen LogP contribution in [0.2, 0.25) is 0 Å². The molecule has 0 amide bonds. The van der Waals surface area contributed by atoms with Crippen LogP contribution in [0.5, 0.6) is 0 Å². The molecule has 130 valence electrons. The molecule has 7 nitrogen and oxygen atoms in total. The highest BCUT2D eigenvalue weighted by Crippen LogP contribution is 2.22. The molecule has 0 aliphatic carbocycles. The standard InChI is InChI=1S/C15H26N4O3S/c1-11(2)19-8-15(12(3)16-19)23(20,21)17-13-9-22-10-14(13)18-6-4-5-7-18/h8,11,13-14,17H,4-7,9-10H2,1-3H3/t13-,14-/m1/s1. The Hall–Kier alpha value is -0.960. The Labute approximate surface area is 138 Å². The molecule has 0 radical (unpaired) electrons. The largest absolute Gasteiger partial charge is 0.378 e. The summed E-state index contributed by atoms with van der Waals surface area (Å²) in [6.45, 7) is 8.76. The molecule has 3 rings (SSSR count). The first kappa shape index (κ1) is 16.9. The highest BCUT2D eigenvalue weighted by Gasteiger charge is 2.37. The number of hydrogen-bond acceptors (Lipinski definition) is 5. The molecule has 1 aromatic rings. The number of hydrogen-bond donors (Lipinski definition) is 1. The smallest absolute Gasteiger partial charge is 0.244 e. The zero-order valence-electron chi connectivity index (χ0n) is 14.0. The fourth-order valence-corrected chi connectivity index (χ4v) is 4.77. The maximum Gasteiger partial charge on any atom is 0.244 e. The summed E-state index contributed by atoms with van der Waals surface area (Å²) in [7, 11) is -3.59.